The molecule has 1 fully saturated rings. The molecular weight excluding hydrogens is 250 g/mol. The first kappa shape index (κ1) is 12.5. The Morgan fingerprint density at radius 1 is 1.47 bits per heavy atom. The van der Waals surface area contributed by atoms with E-state index in [0.717, 1.165) is 13.1 Å². The minimum Gasteiger partial charge on any atom is -0.434 e. The molecule has 1 heterocycles. The maximum atomic E-state index is 12.2. The van der Waals surface area contributed by atoms with Gasteiger partial charge >= 0.3 is 6.61 Å². The lowest BCUT2D eigenvalue weighted by Gasteiger charge is -2.37. The zero-order valence-electron chi connectivity index (χ0n) is 9.07. The van der Waals surface area contributed by atoms with Crippen molar-refractivity contribution in [2.45, 2.75) is 19.2 Å². The van der Waals surface area contributed by atoms with Crippen molar-refractivity contribution in [1.82, 2.24) is 4.90 Å². The largest absolute Gasteiger partial charge is 0.434 e. The summed E-state index contributed by atoms with van der Waals surface area (Å²) in [6, 6.07) is 4.81. The molecule has 0 saturated carbocycles. The first-order valence-electron chi connectivity index (χ1n) is 5.26. The minimum atomic E-state index is -2.83. The van der Waals surface area contributed by atoms with Crippen LogP contribution in [0.1, 0.15) is 5.56 Å². The number of benzene rings is 1. The summed E-state index contributed by atoms with van der Waals surface area (Å²) in [5, 5.41) is 0.506. The Bertz CT molecular complexity index is 397. The van der Waals surface area contributed by atoms with E-state index in [2.05, 4.69) is 9.64 Å². The molecule has 1 aliphatic rings. The molecule has 3 nitrogen and oxygen atoms in total. The normalized spacial score (nSPS) is 17.2. The van der Waals surface area contributed by atoms with E-state index >= 15 is 0 Å². The van der Waals surface area contributed by atoms with Gasteiger partial charge in [0.15, 0.2) is 0 Å². The van der Waals surface area contributed by atoms with Gasteiger partial charge in [0.05, 0.1) is 0 Å². The van der Waals surface area contributed by atoms with Crippen LogP contribution >= 0.6 is 11.6 Å². The van der Waals surface area contributed by atoms with E-state index < -0.39 is 6.61 Å². The quantitative estimate of drug-likeness (QED) is 0.903. The van der Waals surface area contributed by atoms with Crippen LogP contribution in [0, 0.1) is 0 Å². The number of halogens is 3. The number of ether oxygens (including phenoxy) is 1. The molecule has 6 heteroatoms. The van der Waals surface area contributed by atoms with Crippen LogP contribution in [-0.4, -0.2) is 30.6 Å². The maximum absolute atomic E-state index is 12.2. The molecule has 0 bridgehead atoms. The number of nitrogens with zero attached hydrogens (tertiary/aromatic N) is 1. The number of hydrogen-bond acceptors (Lipinski definition) is 3. The third-order valence-electron chi connectivity index (χ3n) is 2.62. The van der Waals surface area contributed by atoms with E-state index in [1.807, 2.05) is 0 Å². The second kappa shape index (κ2) is 5.16. The molecule has 0 spiro atoms. The summed E-state index contributed by atoms with van der Waals surface area (Å²) in [5.74, 6) is 0.171. The van der Waals surface area contributed by atoms with Gasteiger partial charge in [0.25, 0.3) is 0 Å². The lowest BCUT2D eigenvalue weighted by molar-refractivity contribution is -0.0510. The standard InChI is InChI=1S/C11H13ClF2N2O/c12-8-1-2-10(17-11(13)14)7(3-8)4-16-5-9(15)6-16/h1-3,9,11H,4-6,15H2. The van der Waals surface area contributed by atoms with Crippen LogP contribution in [0.5, 0.6) is 5.75 Å². The topological polar surface area (TPSA) is 38.5 Å². The summed E-state index contributed by atoms with van der Waals surface area (Å²) >= 11 is 5.84. The fourth-order valence-electron chi connectivity index (χ4n) is 1.86. The maximum Gasteiger partial charge on any atom is 0.387 e. The molecule has 17 heavy (non-hydrogen) atoms. The smallest absolute Gasteiger partial charge is 0.387 e. The van der Waals surface area contributed by atoms with E-state index in [9.17, 15) is 8.78 Å². The van der Waals surface area contributed by atoms with Crippen LogP contribution in [0.15, 0.2) is 18.2 Å². The summed E-state index contributed by atoms with van der Waals surface area (Å²) < 4.78 is 28.9. The van der Waals surface area contributed by atoms with Gasteiger partial charge in [-0.05, 0) is 18.2 Å². The Morgan fingerprint density at radius 3 is 2.76 bits per heavy atom. The third-order valence-corrected chi connectivity index (χ3v) is 2.85. The molecule has 1 aliphatic heterocycles. The summed E-state index contributed by atoms with van der Waals surface area (Å²) in [7, 11) is 0. The van der Waals surface area contributed by atoms with Crippen molar-refractivity contribution in [3.8, 4) is 5.75 Å². The van der Waals surface area contributed by atoms with Crippen molar-refractivity contribution in [3.63, 3.8) is 0 Å². The highest BCUT2D eigenvalue weighted by molar-refractivity contribution is 6.30. The molecule has 1 aromatic carbocycles. The highest BCUT2D eigenvalue weighted by Crippen LogP contribution is 2.26. The molecule has 1 saturated heterocycles. The van der Waals surface area contributed by atoms with E-state index in [0.29, 0.717) is 17.1 Å². The highest BCUT2D eigenvalue weighted by Gasteiger charge is 2.24. The zero-order chi connectivity index (χ0) is 12.4. The van der Waals surface area contributed by atoms with E-state index in [-0.39, 0.29) is 11.8 Å². The summed E-state index contributed by atoms with van der Waals surface area (Å²) in [5.41, 5.74) is 6.31. The van der Waals surface area contributed by atoms with Gasteiger partial charge < -0.3 is 10.5 Å². The molecule has 2 rings (SSSR count). The Kier molecular flexibility index (Phi) is 3.81. The van der Waals surface area contributed by atoms with Crippen molar-refractivity contribution in [2.75, 3.05) is 13.1 Å². The zero-order valence-corrected chi connectivity index (χ0v) is 9.83. The number of rotatable bonds is 4. The van der Waals surface area contributed by atoms with Crippen molar-refractivity contribution in [2.24, 2.45) is 5.73 Å². The summed E-state index contributed by atoms with van der Waals surface area (Å²) in [6.45, 7) is -0.772. The Balaban J connectivity index is 2.09. The van der Waals surface area contributed by atoms with Crippen LogP contribution in [0.4, 0.5) is 8.78 Å². The van der Waals surface area contributed by atoms with Crippen LogP contribution in [0.2, 0.25) is 5.02 Å². The van der Waals surface area contributed by atoms with Crippen molar-refractivity contribution < 1.29 is 13.5 Å². The first-order valence-corrected chi connectivity index (χ1v) is 5.63. The number of likely N-dealkylation sites (tertiary alicyclic amines) is 1. The van der Waals surface area contributed by atoms with Gasteiger partial charge in [-0.3, -0.25) is 4.90 Å². The van der Waals surface area contributed by atoms with Gasteiger partial charge in [0.2, 0.25) is 0 Å². The van der Waals surface area contributed by atoms with E-state index in [1.165, 1.54) is 12.1 Å². The van der Waals surface area contributed by atoms with Crippen molar-refractivity contribution >= 4 is 11.6 Å². The molecular formula is C11H13ClF2N2O. The summed E-state index contributed by atoms with van der Waals surface area (Å²) in [4.78, 5) is 2.05. The SMILES string of the molecule is NC1CN(Cc2cc(Cl)ccc2OC(F)F)C1. The van der Waals surface area contributed by atoms with E-state index in [1.54, 1.807) is 6.07 Å². The van der Waals surface area contributed by atoms with Gasteiger partial charge in [0, 0.05) is 36.3 Å². The molecule has 0 amide bonds. The fourth-order valence-corrected chi connectivity index (χ4v) is 2.06. The molecule has 0 atom stereocenters. The van der Waals surface area contributed by atoms with Crippen molar-refractivity contribution in [3.05, 3.63) is 28.8 Å². The Labute approximate surface area is 103 Å². The van der Waals surface area contributed by atoms with Crippen LogP contribution in [-0.2, 0) is 6.54 Å². The second-order valence-electron chi connectivity index (χ2n) is 4.08. The van der Waals surface area contributed by atoms with Gasteiger partial charge in [-0.15, -0.1) is 0 Å². The third kappa shape index (κ3) is 3.28. The average molecular weight is 263 g/mol. The second-order valence-corrected chi connectivity index (χ2v) is 4.52. The molecule has 0 aliphatic carbocycles. The Morgan fingerprint density at radius 2 is 2.18 bits per heavy atom. The molecule has 0 aromatic heterocycles. The van der Waals surface area contributed by atoms with Gasteiger partial charge in [-0.25, -0.2) is 0 Å². The van der Waals surface area contributed by atoms with Crippen LogP contribution in [0.3, 0.4) is 0 Å². The predicted molar refractivity (Wildman–Crippen MR) is 61.3 cm³/mol. The molecule has 0 unspecified atom stereocenters. The van der Waals surface area contributed by atoms with Gasteiger partial charge in [-0.1, -0.05) is 11.6 Å². The van der Waals surface area contributed by atoms with Crippen LogP contribution in [0.25, 0.3) is 0 Å². The lowest BCUT2D eigenvalue weighted by Crippen LogP contribution is -2.54. The Hall–Kier alpha value is -0.910. The minimum absolute atomic E-state index is 0.171. The monoisotopic (exact) mass is 262 g/mol. The first-order chi connectivity index (χ1) is 8.04. The lowest BCUT2D eigenvalue weighted by atomic mass is 10.1. The number of hydrogen-bond donors (Lipinski definition) is 1. The molecule has 1 aromatic rings. The number of nitrogens with two attached hydrogens (primary N) is 1. The van der Waals surface area contributed by atoms with Gasteiger partial charge in [-0.2, -0.15) is 8.78 Å². The average Bonchev–Trinajstić information content (AvgIpc) is 2.19. The van der Waals surface area contributed by atoms with Crippen LogP contribution < -0.4 is 10.5 Å². The fraction of sp³-hybridized carbons (Fsp3) is 0.455. The number of alkyl halides is 2. The van der Waals surface area contributed by atoms with E-state index in [4.69, 9.17) is 17.3 Å². The molecule has 0 radical (unpaired) electrons. The predicted octanol–water partition coefficient (Wildman–Crippen LogP) is 2.08. The van der Waals surface area contributed by atoms with Gasteiger partial charge in [0.1, 0.15) is 5.75 Å². The molecule has 94 valence electrons. The highest BCUT2D eigenvalue weighted by atomic mass is 35.5. The molecule has 2 N–H and O–H groups in total. The van der Waals surface area contributed by atoms with Crippen molar-refractivity contribution in [1.29, 1.82) is 0 Å². The summed E-state index contributed by atoms with van der Waals surface area (Å²) in [6.07, 6.45) is 0.